The van der Waals surface area contributed by atoms with Crippen LogP contribution < -0.4 is 24.3 Å². The van der Waals surface area contributed by atoms with E-state index in [9.17, 15) is 9.59 Å². The second kappa shape index (κ2) is 5.39. The number of carbonyl (C=O) groups is 2. The lowest BCUT2D eigenvalue weighted by atomic mass is 9.90. The highest BCUT2D eigenvalue weighted by Gasteiger charge is 2.33. The van der Waals surface area contributed by atoms with Crippen LogP contribution >= 0.6 is 15.9 Å². The van der Waals surface area contributed by atoms with E-state index >= 15 is 0 Å². The Morgan fingerprint density at radius 1 is 0.714 bits per heavy atom. The Balaban J connectivity index is 1.75. The highest BCUT2D eigenvalue weighted by Crippen LogP contribution is 2.47. The Morgan fingerprint density at radius 2 is 1.36 bits per heavy atom. The summed E-state index contributed by atoms with van der Waals surface area (Å²) in [5.74, 6) is 1.54. The molecule has 0 saturated carbocycles. The van der Waals surface area contributed by atoms with Crippen molar-refractivity contribution in [2.24, 2.45) is 0 Å². The van der Waals surface area contributed by atoms with Gasteiger partial charge in [-0.15, -0.1) is 0 Å². The van der Waals surface area contributed by atoms with Crippen molar-refractivity contribution >= 4 is 38.5 Å². The molecule has 0 aromatic heterocycles. The SMILES string of the molecule is O=C1NC(=O)c2c1cc1cc3c(cc1c2-c1cc2c(cc1Br)OCO2)OCO3. The van der Waals surface area contributed by atoms with Gasteiger partial charge in [0.1, 0.15) is 0 Å². The zero-order valence-electron chi connectivity index (χ0n) is 14.1. The molecule has 28 heavy (non-hydrogen) atoms. The number of carbonyl (C=O) groups excluding carboxylic acids is 2. The maximum Gasteiger partial charge on any atom is 0.259 e. The summed E-state index contributed by atoms with van der Waals surface area (Å²) < 4.78 is 22.7. The average molecular weight is 440 g/mol. The number of rotatable bonds is 1. The number of benzene rings is 3. The van der Waals surface area contributed by atoms with E-state index < -0.39 is 11.8 Å². The van der Waals surface area contributed by atoms with E-state index in [-0.39, 0.29) is 13.6 Å². The third-order valence-electron chi connectivity index (χ3n) is 5.06. The fourth-order valence-corrected chi connectivity index (χ4v) is 4.35. The van der Waals surface area contributed by atoms with E-state index in [1.165, 1.54) is 0 Å². The molecule has 0 spiro atoms. The van der Waals surface area contributed by atoms with Gasteiger partial charge in [-0.3, -0.25) is 14.9 Å². The van der Waals surface area contributed by atoms with Crippen molar-refractivity contribution in [1.82, 2.24) is 5.32 Å². The van der Waals surface area contributed by atoms with Gasteiger partial charge in [0.25, 0.3) is 11.8 Å². The second-order valence-electron chi connectivity index (χ2n) is 6.57. The molecule has 0 bridgehead atoms. The van der Waals surface area contributed by atoms with Gasteiger partial charge < -0.3 is 18.9 Å². The summed E-state index contributed by atoms with van der Waals surface area (Å²) in [6.07, 6.45) is 0. The Morgan fingerprint density at radius 3 is 2.11 bits per heavy atom. The molecule has 0 unspecified atom stereocenters. The number of hydrogen-bond acceptors (Lipinski definition) is 6. The molecule has 0 fully saturated rings. The molecule has 8 heteroatoms. The number of amides is 2. The largest absolute Gasteiger partial charge is 0.454 e. The van der Waals surface area contributed by atoms with Gasteiger partial charge in [0.15, 0.2) is 23.0 Å². The summed E-state index contributed by atoms with van der Waals surface area (Å²) in [5.41, 5.74) is 2.00. The molecular formula is C20H10BrNO6. The van der Waals surface area contributed by atoms with E-state index in [0.717, 1.165) is 20.8 Å². The van der Waals surface area contributed by atoms with Crippen LogP contribution in [0.5, 0.6) is 23.0 Å². The van der Waals surface area contributed by atoms with Crippen LogP contribution in [0.1, 0.15) is 20.7 Å². The van der Waals surface area contributed by atoms with Crippen molar-refractivity contribution in [3.63, 3.8) is 0 Å². The number of ether oxygens (including phenoxy) is 4. The second-order valence-corrected chi connectivity index (χ2v) is 7.42. The van der Waals surface area contributed by atoms with Gasteiger partial charge in [-0.05, 0) is 41.1 Å². The van der Waals surface area contributed by atoms with Gasteiger partial charge in [-0.1, -0.05) is 15.9 Å². The lowest BCUT2D eigenvalue weighted by molar-refractivity contribution is 0.0879. The quantitative estimate of drug-likeness (QED) is 0.583. The molecule has 0 saturated heterocycles. The van der Waals surface area contributed by atoms with Gasteiger partial charge in [-0.25, -0.2) is 0 Å². The van der Waals surface area contributed by atoms with Crippen LogP contribution in [0, 0.1) is 0 Å². The normalized spacial score (nSPS) is 15.9. The van der Waals surface area contributed by atoms with Crippen LogP contribution in [0.2, 0.25) is 0 Å². The molecule has 138 valence electrons. The number of fused-ring (bicyclic) bond motifs is 4. The number of imide groups is 1. The lowest BCUT2D eigenvalue weighted by Gasteiger charge is -2.14. The van der Waals surface area contributed by atoms with E-state index in [2.05, 4.69) is 21.2 Å². The van der Waals surface area contributed by atoms with Crippen LogP contribution in [0.4, 0.5) is 0 Å². The van der Waals surface area contributed by atoms with Crippen molar-refractivity contribution in [2.75, 3.05) is 13.6 Å². The molecule has 3 aromatic rings. The molecule has 1 N–H and O–H groups in total. The van der Waals surface area contributed by atoms with E-state index in [1.54, 1.807) is 12.1 Å². The third kappa shape index (κ3) is 2.03. The molecule has 7 nitrogen and oxygen atoms in total. The molecule has 6 rings (SSSR count). The van der Waals surface area contributed by atoms with Crippen molar-refractivity contribution in [3.05, 3.63) is 45.9 Å². The van der Waals surface area contributed by atoms with Crippen molar-refractivity contribution in [1.29, 1.82) is 0 Å². The Hall–Kier alpha value is -3.26. The van der Waals surface area contributed by atoms with Crippen LogP contribution in [0.25, 0.3) is 21.9 Å². The molecule has 0 radical (unpaired) electrons. The van der Waals surface area contributed by atoms with Crippen LogP contribution in [0.3, 0.4) is 0 Å². The van der Waals surface area contributed by atoms with E-state index in [1.807, 2.05) is 18.2 Å². The van der Waals surface area contributed by atoms with Crippen molar-refractivity contribution < 1.29 is 28.5 Å². The van der Waals surface area contributed by atoms with Gasteiger partial charge in [0.05, 0.1) is 11.1 Å². The fourth-order valence-electron chi connectivity index (χ4n) is 3.83. The molecule has 2 amide bonds. The summed E-state index contributed by atoms with van der Waals surface area (Å²) >= 11 is 3.57. The molecule has 3 heterocycles. The summed E-state index contributed by atoms with van der Waals surface area (Å²) in [7, 11) is 0. The molecule has 0 atom stereocenters. The Bertz CT molecular complexity index is 1250. The van der Waals surface area contributed by atoms with Gasteiger partial charge >= 0.3 is 0 Å². The van der Waals surface area contributed by atoms with Crippen LogP contribution in [-0.4, -0.2) is 25.4 Å². The zero-order chi connectivity index (χ0) is 19.0. The summed E-state index contributed by atoms with van der Waals surface area (Å²) in [5, 5.41) is 3.93. The van der Waals surface area contributed by atoms with Gasteiger partial charge in [-0.2, -0.15) is 0 Å². The molecular weight excluding hydrogens is 430 g/mol. The first-order valence-corrected chi connectivity index (χ1v) is 9.25. The van der Waals surface area contributed by atoms with E-state index in [4.69, 9.17) is 18.9 Å². The first-order chi connectivity index (χ1) is 13.6. The van der Waals surface area contributed by atoms with Crippen molar-refractivity contribution in [3.8, 4) is 34.1 Å². The molecule has 3 aliphatic heterocycles. The van der Waals surface area contributed by atoms with Crippen LogP contribution in [0.15, 0.2) is 34.8 Å². The summed E-state index contributed by atoms with van der Waals surface area (Å²) in [4.78, 5) is 25.0. The standard InChI is InChI=1S/C20H10BrNO6/c21-12-5-16-15(27-7-28-16)4-10(12)17-9-3-14-13(25-6-26-14)2-8(9)1-11-18(17)20(24)22-19(11)23/h1-5H,6-7H2,(H,22,23,24). The first-order valence-electron chi connectivity index (χ1n) is 8.46. The fraction of sp³-hybridized carbons (Fsp3) is 0.100. The maximum atomic E-state index is 12.6. The molecule has 3 aliphatic rings. The maximum absolute atomic E-state index is 12.6. The highest BCUT2D eigenvalue weighted by atomic mass is 79.9. The Kier molecular flexibility index (Phi) is 3.03. The van der Waals surface area contributed by atoms with Gasteiger partial charge in [0, 0.05) is 15.6 Å². The van der Waals surface area contributed by atoms with Crippen LogP contribution in [-0.2, 0) is 0 Å². The summed E-state index contributed by atoms with van der Waals surface area (Å²) in [6, 6.07) is 8.96. The summed E-state index contributed by atoms with van der Waals surface area (Å²) in [6.45, 7) is 0.268. The molecule has 0 aliphatic carbocycles. The monoisotopic (exact) mass is 439 g/mol. The number of halogens is 1. The molecule has 3 aromatic carbocycles. The highest BCUT2D eigenvalue weighted by molar-refractivity contribution is 9.10. The third-order valence-corrected chi connectivity index (χ3v) is 5.72. The minimum atomic E-state index is -0.431. The average Bonchev–Trinajstić information content (AvgIpc) is 3.37. The Labute approximate surface area is 166 Å². The van der Waals surface area contributed by atoms with Crippen molar-refractivity contribution in [2.45, 2.75) is 0 Å². The first kappa shape index (κ1) is 15.8. The van der Waals surface area contributed by atoms with E-state index in [0.29, 0.717) is 39.7 Å². The number of nitrogens with one attached hydrogen (secondary N) is 1. The zero-order valence-corrected chi connectivity index (χ0v) is 15.7. The topological polar surface area (TPSA) is 83.1 Å². The smallest absolute Gasteiger partial charge is 0.259 e. The minimum absolute atomic E-state index is 0.133. The minimum Gasteiger partial charge on any atom is -0.454 e. The lowest BCUT2D eigenvalue weighted by Crippen LogP contribution is -2.20. The predicted molar refractivity (Wildman–Crippen MR) is 101 cm³/mol. The number of hydrogen-bond donors (Lipinski definition) is 1. The van der Waals surface area contributed by atoms with Gasteiger partial charge in [0.2, 0.25) is 13.6 Å². The predicted octanol–water partition coefficient (Wildman–Crippen LogP) is 3.61.